The van der Waals surface area contributed by atoms with Crippen molar-refractivity contribution in [2.45, 2.75) is 56.8 Å². The van der Waals surface area contributed by atoms with E-state index in [1.165, 1.54) is 64.7 Å². The van der Waals surface area contributed by atoms with Gasteiger partial charge >= 0.3 is 0 Å². The zero-order valence-corrected chi connectivity index (χ0v) is 10.2. The summed E-state index contributed by atoms with van der Waals surface area (Å²) in [6, 6.07) is 0.874. The Balaban J connectivity index is 1.27. The van der Waals surface area contributed by atoms with Crippen LogP contribution in [0.15, 0.2) is 0 Å². The molecule has 2 bridgehead atoms. The molecule has 2 saturated heterocycles. The van der Waals surface area contributed by atoms with Gasteiger partial charge in [-0.15, -0.1) is 0 Å². The maximum Gasteiger partial charge on any atom is 0.0707 e. The lowest BCUT2D eigenvalue weighted by atomic mass is 10.2. The van der Waals surface area contributed by atoms with Crippen LogP contribution in [0.1, 0.15) is 38.5 Å². The normalized spacial score (nSPS) is 34.5. The average Bonchev–Trinajstić information content (AvgIpc) is 3.04. The molecule has 3 aliphatic rings. The summed E-state index contributed by atoms with van der Waals surface area (Å²) in [5, 5.41) is 3.58. The average molecular weight is 224 g/mol. The van der Waals surface area contributed by atoms with Crippen LogP contribution in [0.2, 0.25) is 0 Å². The number of ether oxygens (including phenoxy) is 1. The number of unbranched alkanes of at least 4 members (excludes halogenated alkanes) is 1. The Kier molecular flexibility index (Phi) is 3.46. The standard InChI is InChI=1S/C13H24N2O/c1(7-14-11-3-4-11)2-8-15-9-12-5-6-13(10-15)16-12/h11-14H,1-10H2. The minimum absolute atomic E-state index is 0.559. The number of rotatable bonds is 6. The molecule has 1 saturated carbocycles. The second kappa shape index (κ2) is 5.03. The monoisotopic (exact) mass is 224 g/mol. The summed E-state index contributed by atoms with van der Waals surface area (Å²) in [6.45, 7) is 4.88. The predicted molar refractivity (Wildman–Crippen MR) is 64.6 cm³/mol. The van der Waals surface area contributed by atoms with Crippen LogP contribution in [0.5, 0.6) is 0 Å². The van der Waals surface area contributed by atoms with Crippen LogP contribution in [0, 0.1) is 0 Å². The van der Waals surface area contributed by atoms with Gasteiger partial charge in [-0.2, -0.15) is 0 Å². The number of fused-ring (bicyclic) bond motifs is 2. The third kappa shape index (κ3) is 2.96. The van der Waals surface area contributed by atoms with E-state index in [0.717, 1.165) is 6.04 Å². The molecular weight excluding hydrogens is 200 g/mol. The fraction of sp³-hybridized carbons (Fsp3) is 1.00. The number of hydrogen-bond donors (Lipinski definition) is 1. The highest BCUT2D eigenvalue weighted by atomic mass is 16.5. The van der Waals surface area contributed by atoms with Gasteiger partial charge in [0.15, 0.2) is 0 Å². The van der Waals surface area contributed by atoms with Gasteiger partial charge < -0.3 is 10.1 Å². The van der Waals surface area contributed by atoms with E-state index in [-0.39, 0.29) is 0 Å². The summed E-state index contributed by atoms with van der Waals surface area (Å²) in [5.41, 5.74) is 0. The minimum atomic E-state index is 0.559. The molecule has 92 valence electrons. The fourth-order valence-corrected chi connectivity index (χ4v) is 2.94. The van der Waals surface area contributed by atoms with E-state index in [2.05, 4.69) is 10.2 Å². The Labute approximate surface area is 98.5 Å². The summed E-state index contributed by atoms with van der Waals surface area (Å²) in [6.07, 6.45) is 9.21. The zero-order chi connectivity index (χ0) is 10.8. The molecule has 0 radical (unpaired) electrons. The van der Waals surface area contributed by atoms with E-state index in [1.54, 1.807) is 0 Å². The molecule has 3 nitrogen and oxygen atoms in total. The number of hydrogen-bond acceptors (Lipinski definition) is 3. The van der Waals surface area contributed by atoms with Crippen molar-refractivity contribution in [3.8, 4) is 0 Å². The summed E-state index contributed by atoms with van der Waals surface area (Å²) in [5.74, 6) is 0. The highest BCUT2D eigenvalue weighted by molar-refractivity contribution is 4.85. The molecule has 3 heteroatoms. The fourth-order valence-electron chi connectivity index (χ4n) is 2.94. The Morgan fingerprint density at radius 1 is 1.00 bits per heavy atom. The molecule has 2 unspecified atom stereocenters. The van der Waals surface area contributed by atoms with E-state index in [4.69, 9.17) is 4.74 Å². The molecule has 0 aromatic rings. The summed E-state index contributed by atoms with van der Waals surface area (Å²) >= 11 is 0. The maximum absolute atomic E-state index is 5.84. The maximum atomic E-state index is 5.84. The van der Waals surface area contributed by atoms with Gasteiger partial charge in [-0.3, -0.25) is 4.90 Å². The third-order valence-corrected chi connectivity index (χ3v) is 4.03. The van der Waals surface area contributed by atoms with E-state index >= 15 is 0 Å². The molecule has 0 aromatic carbocycles. The SMILES string of the molecule is C(CCN1CC2CCC(C1)O2)CNC1CC1. The van der Waals surface area contributed by atoms with Crippen molar-refractivity contribution in [3.05, 3.63) is 0 Å². The quantitative estimate of drug-likeness (QED) is 0.690. The largest absolute Gasteiger partial charge is 0.372 e. The van der Waals surface area contributed by atoms with Gasteiger partial charge in [0, 0.05) is 19.1 Å². The van der Waals surface area contributed by atoms with E-state index in [1.807, 2.05) is 0 Å². The van der Waals surface area contributed by atoms with Gasteiger partial charge in [0.2, 0.25) is 0 Å². The molecule has 0 aromatic heterocycles. The summed E-state index contributed by atoms with van der Waals surface area (Å²) in [7, 11) is 0. The Morgan fingerprint density at radius 3 is 2.44 bits per heavy atom. The predicted octanol–water partition coefficient (Wildman–Crippen LogP) is 1.38. The van der Waals surface area contributed by atoms with Crippen LogP contribution in [0.4, 0.5) is 0 Å². The molecule has 16 heavy (non-hydrogen) atoms. The first-order valence-corrected chi connectivity index (χ1v) is 7.01. The van der Waals surface area contributed by atoms with Crippen molar-refractivity contribution < 1.29 is 4.74 Å². The Bertz CT molecular complexity index is 218. The van der Waals surface area contributed by atoms with Gasteiger partial charge in [0.25, 0.3) is 0 Å². The molecule has 1 N–H and O–H groups in total. The van der Waals surface area contributed by atoms with Gasteiger partial charge in [0.1, 0.15) is 0 Å². The van der Waals surface area contributed by atoms with Crippen molar-refractivity contribution in [2.24, 2.45) is 0 Å². The Hall–Kier alpha value is -0.120. The van der Waals surface area contributed by atoms with E-state index < -0.39 is 0 Å². The molecule has 2 aliphatic heterocycles. The smallest absolute Gasteiger partial charge is 0.0707 e. The third-order valence-electron chi connectivity index (χ3n) is 4.03. The summed E-state index contributed by atoms with van der Waals surface area (Å²) in [4.78, 5) is 2.61. The highest BCUT2D eigenvalue weighted by Gasteiger charge is 2.33. The van der Waals surface area contributed by atoms with Crippen molar-refractivity contribution in [2.75, 3.05) is 26.2 Å². The van der Waals surface area contributed by atoms with Crippen LogP contribution < -0.4 is 5.32 Å². The second-order valence-electron chi connectivity index (χ2n) is 5.65. The van der Waals surface area contributed by atoms with Crippen LogP contribution in [0.3, 0.4) is 0 Å². The van der Waals surface area contributed by atoms with Crippen LogP contribution in [-0.4, -0.2) is 49.3 Å². The van der Waals surface area contributed by atoms with Crippen molar-refractivity contribution >= 4 is 0 Å². The van der Waals surface area contributed by atoms with Crippen LogP contribution in [0.25, 0.3) is 0 Å². The lowest BCUT2D eigenvalue weighted by Crippen LogP contribution is -2.43. The van der Waals surface area contributed by atoms with Gasteiger partial charge in [0.05, 0.1) is 12.2 Å². The van der Waals surface area contributed by atoms with E-state index in [0.29, 0.717) is 12.2 Å². The summed E-state index contributed by atoms with van der Waals surface area (Å²) < 4.78 is 5.84. The number of morpholine rings is 1. The van der Waals surface area contributed by atoms with Crippen LogP contribution >= 0.6 is 0 Å². The number of likely N-dealkylation sites (tertiary alicyclic amines) is 1. The topological polar surface area (TPSA) is 24.5 Å². The van der Waals surface area contributed by atoms with Gasteiger partial charge in [-0.25, -0.2) is 0 Å². The second-order valence-corrected chi connectivity index (χ2v) is 5.65. The zero-order valence-electron chi connectivity index (χ0n) is 10.2. The molecule has 2 atom stereocenters. The molecule has 3 fully saturated rings. The lowest BCUT2D eigenvalue weighted by molar-refractivity contribution is -0.0385. The first-order chi connectivity index (χ1) is 7.90. The molecule has 3 rings (SSSR count). The molecule has 0 amide bonds. The molecular formula is C13H24N2O. The molecule has 2 heterocycles. The minimum Gasteiger partial charge on any atom is -0.372 e. The van der Waals surface area contributed by atoms with Crippen molar-refractivity contribution in [1.29, 1.82) is 0 Å². The Morgan fingerprint density at radius 2 is 1.75 bits per heavy atom. The van der Waals surface area contributed by atoms with E-state index in [9.17, 15) is 0 Å². The van der Waals surface area contributed by atoms with Crippen molar-refractivity contribution in [1.82, 2.24) is 10.2 Å². The van der Waals surface area contributed by atoms with Gasteiger partial charge in [-0.05, 0) is 51.6 Å². The van der Waals surface area contributed by atoms with Crippen LogP contribution in [-0.2, 0) is 4.74 Å². The molecule has 0 spiro atoms. The van der Waals surface area contributed by atoms with Crippen molar-refractivity contribution in [3.63, 3.8) is 0 Å². The highest BCUT2D eigenvalue weighted by Crippen LogP contribution is 2.26. The number of nitrogens with zero attached hydrogens (tertiary/aromatic N) is 1. The lowest BCUT2D eigenvalue weighted by Gasteiger charge is -2.32. The first kappa shape index (κ1) is 11.0. The number of nitrogens with one attached hydrogen (secondary N) is 1. The van der Waals surface area contributed by atoms with Gasteiger partial charge in [-0.1, -0.05) is 0 Å². The first-order valence-electron chi connectivity index (χ1n) is 7.01. The molecule has 1 aliphatic carbocycles.